The van der Waals surface area contributed by atoms with Gasteiger partial charge in [0, 0.05) is 17.1 Å². The second kappa shape index (κ2) is 5.24. The van der Waals surface area contributed by atoms with E-state index < -0.39 is 0 Å². The number of aryl methyl sites for hydroxylation is 1. The van der Waals surface area contributed by atoms with Crippen LogP contribution in [-0.4, -0.2) is 0 Å². The van der Waals surface area contributed by atoms with Crippen LogP contribution in [0.5, 0.6) is 0 Å². The summed E-state index contributed by atoms with van der Waals surface area (Å²) in [6, 6.07) is 15.7. The van der Waals surface area contributed by atoms with Crippen LogP contribution in [0.3, 0.4) is 0 Å². The first-order valence-corrected chi connectivity index (χ1v) is 5.88. The molecular formula is C15H15N3. The summed E-state index contributed by atoms with van der Waals surface area (Å²) < 4.78 is 0. The third-order valence-electron chi connectivity index (χ3n) is 2.82. The van der Waals surface area contributed by atoms with Gasteiger partial charge in [0.2, 0.25) is 0 Å². The van der Waals surface area contributed by atoms with E-state index in [-0.39, 0.29) is 0 Å². The van der Waals surface area contributed by atoms with Crippen LogP contribution < -0.4 is 11.1 Å². The molecule has 0 aliphatic heterocycles. The monoisotopic (exact) mass is 237 g/mol. The van der Waals surface area contributed by atoms with E-state index in [1.807, 2.05) is 18.2 Å². The van der Waals surface area contributed by atoms with Gasteiger partial charge in [-0.15, -0.1) is 0 Å². The van der Waals surface area contributed by atoms with Crippen LogP contribution in [0, 0.1) is 11.3 Å². The first-order chi connectivity index (χ1) is 8.72. The molecule has 3 N–H and O–H groups in total. The molecule has 0 unspecified atom stereocenters. The van der Waals surface area contributed by atoms with E-state index in [9.17, 15) is 0 Å². The number of hydrogen-bond acceptors (Lipinski definition) is 3. The second-order valence-electron chi connectivity index (χ2n) is 4.09. The number of nitrogens with one attached hydrogen (secondary N) is 1. The minimum Gasteiger partial charge on any atom is -0.398 e. The highest BCUT2D eigenvalue weighted by Gasteiger charge is 2.00. The molecule has 0 spiro atoms. The van der Waals surface area contributed by atoms with Gasteiger partial charge >= 0.3 is 0 Å². The van der Waals surface area contributed by atoms with Crippen molar-refractivity contribution in [3.05, 3.63) is 53.6 Å². The highest BCUT2D eigenvalue weighted by Crippen LogP contribution is 2.21. The third-order valence-corrected chi connectivity index (χ3v) is 2.82. The molecule has 0 amide bonds. The minimum atomic E-state index is 0.491. The molecule has 0 fully saturated rings. The quantitative estimate of drug-likeness (QED) is 0.804. The van der Waals surface area contributed by atoms with Crippen LogP contribution >= 0.6 is 0 Å². The fourth-order valence-corrected chi connectivity index (χ4v) is 1.72. The van der Waals surface area contributed by atoms with Gasteiger partial charge in [-0.05, 0) is 42.3 Å². The predicted octanol–water partition coefficient (Wildman–Crippen LogP) is 3.45. The molecule has 0 atom stereocenters. The molecule has 3 heteroatoms. The van der Waals surface area contributed by atoms with E-state index >= 15 is 0 Å². The molecule has 0 saturated heterocycles. The number of nitrogens with zero attached hydrogens (tertiary/aromatic N) is 1. The number of hydrogen-bond donors (Lipinski definition) is 2. The molecule has 2 rings (SSSR count). The molecule has 2 aromatic rings. The Morgan fingerprint density at radius 3 is 2.39 bits per heavy atom. The number of benzene rings is 2. The first kappa shape index (κ1) is 12.0. The minimum absolute atomic E-state index is 0.491. The summed E-state index contributed by atoms with van der Waals surface area (Å²) in [4.78, 5) is 0. The van der Waals surface area contributed by atoms with Gasteiger partial charge in [-0.1, -0.05) is 19.1 Å². The van der Waals surface area contributed by atoms with Gasteiger partial charge in [-0.2, -0.15) is 5.26 Å². The average molecular weight is 237 g/mol. The lowest BCUT2D eigenvalue weighted by Crippen LogP contribution is -1.94. The van der Waals surface area contributed by atoms with Gasteiger partial charge in [0.05, 0.1) is 5.56 Å². The smallest absolute Gasteiger partial charge is 0.101 e. The Kier molecular flexibility index (Phi) is 3.49. The number of anilines is 3. The van der Waals surface area contributed by atoms with E-state index in [0.717, 1.165) is 17.8 Å². The maximum absolute atomic E-state index is 8.92. The topological polar surface area (TPSA) is 61.8 Å². The van der Waals surface area contributed by atoms with Gasteiger partial charge in [0.25, 0.3) is 0 Å². The van der Waals surface area contributed by atoms with E-state index in [1.54, 1.807) is 12.1 Å². The van der Waals surface area contributed by atoms with Crippen LogP contribution in [0.1, 0.15) is 18.1 Å². The second-order valence-corrected chi connectivity index (χ2v) is 4.09. The van der Waals surface area contributed by atoms with Gasteiger partial charge in [0.1, 0.15) is 6.07 Å². The van der Waals surface area contributed by atoms with Crippen molar-refractivity contribution in [3.8, 4) is 6.07 Å². The molecule has 0 bridgehead atoms. The Balaban J connectivity index is 2.20. The number of nitrogen functional groups attached to an aromatic ring is 1. The highest BCUT2D eigenvalue weighted by atomic mass is 14.9. The normalized spacial score (nSPS) is 9.78. The number of nitrogens with two attached hydrogens (primary N) is 1. The van der Waals surface area contributed by atoms with Gasteiger partial charge < -0.3 is 11.1 Å². The zero-order valence-corrected chi connectivity index (χ0v) is 10.3. The van der Waals surface area contributed by atoms with Crippen molar-refractivity contribution in [1.82, 2.24) is 0 Å². The number of rotatable bonds is 3. The van der Waals surface area contributed by atoms with E-state index in [2.05, 4.69) is 30.4 Å². The molecule has 0 aliphatic carbocycles. The molecule has 18 heavy (non-hydrogen) atoms. The molecule has 3 nitrogen and oxygen atoms in total. The summed E-state index contributed by atoms with van der Waals surface area (Å²) in [6.45, 7) is 2.13. The maximum atomic E-state index is 8.92. The Morgan fingerprint density at radius 2 is 1.78 bits per heavy atom. The van der Waals surface area contributed by atoms with Gasteiger partial charge in [0.15, 0.2) is 0 Å². The Morgan fingerprint density at radius 1 is 1.11 bits per heavy atom. The standard InChI is InChI=1S/C15H15N3/c1-2-11-3-5-13(6-4-11)18-14-7-8-15(17)12(9-14)10-16/h3-9,18H,2,17H2,1H3. The molecule has 2 aromatic carbocycles. The summed E-state index contributed by atoms with van der Waals surface area (Å²) in [5.41, 5.74) is 9.84. The van der Waals surface area contributed by atoms with Crippen LogP contribution in [0.2, 0.25) is 0 Å². The van der Waals surface area contributed by atoms with Crippen LogP contribution in [0.15, 0.2) is 42.5 Å². The van der Waals surface area contributed by atoms with Gasteiger partial charge in [-0.25, -0.2) is 0 Å². The van der Waals surface area contributed by atoms with E-state index in [0.29, 0.717) is 11.3 Å². The van der Waals surface area contributed by atoms with Crippen molar-refractivity contribution in [2.75, 3.05) is 11.1 Å². The average Bonchev–Trinajstić information content (AvgIpc) is 2.42. The van der Waals surface area contributed by atoms with Crippen LogP contribution in [-0.2, 0) is 6.42 Å². The fraction of sp³-hybridized carbons (Fsp3) is 0.133. The molecular weight excluding hydrogens is 222 g/mol. The highest BCUT2D eigenvalue weighted by molar-refractivity contribution is 5.67. The van der Waals surface area contributed by atoms with Crippen LogP contribution in [0.4, 0.5) is 17.1 Å². The summed E-state index contributed by atoms with van der Waals surface area (Å²) in [5.74, 6) is 0. The summed E-state index contributed by atoms with van der Waals surface area (Å²) in [5, 5.41) is 12.2. The zero-order chi connectivity index (χ0) is 13.0. The molecule has 0 heterocycles. The predicted molar refractivity (Wildman–Crippen MR) is 74.7 cm³/mol. The van der Waals surface area contributed by atoms with Gasteiger partial charge in [-0.3, -0.25) is 0 Å². The third kappa shape index (κ3) is 2.61. The van der Waals surface area contributed by atoms with E-state index in [1.165, 1.54) is 5.56 Å². The maximum Gasteiger partial charge on any atom is 0.101 e. The lowest BCUT2D eigenvalue weighted by atomic mass is 10.1. The Bertz CT molecular complexity index is 580. The summed E-state index contributed by atoms with van der Waals surface area (Å²) >= 11 is 0. The molecule has 0 radical (unpaired) electrons. The largest absolute Gasteiger partial charge is 0.398 e. The van der Waals surface area contributed by atoms with Crippen molar-refractivity contribution in [1.29, 1.82) is 5.26 Å². The SMILES string of the molecule is CCc1ccc(Nc2ccc(N)c(C#N)c2)cc1. The lowest BCUT2D eigenvalue weighted by molar-refractivity contribution is 1.14. The van der Waals surface area contributed by atoms with Crippen molar-refractivity contribution in [2.45, 2.75) is 13.3 Å². The first-order valence-electron chi connectivity index (χ1n) is 5.88. The van der Waals surface area contributed by atoms with E-state index in [4.69, 9.17) is 11.0 Å². The van der Waals surface area contributed by atoms with Crippen molar-refractivity contribution in [3.63, 3.8) is 0 Å². The zero-order valence-electron chi connectivity index (χ0n) is 10.3. The number of nitriles is 1. The Hall–Kier alpha value is -2.47. The lowest BCUT2D eigenvalue weighted by Gasteiger charge is -2.08. The molecule has 0 saturated carbocycles. The fourth-order valence-electron chi connectivity index (χ4n) is 1.72. The molecule has 0 aromatic heterocycles. The van der Waals surface area contributed by atoms with Crippen molar-refractivity contribution in [2.24, 2.45) is 0 Å². The molecule has 0 aliphatic rings. The summed E-state index contributed by atoms with van der Waals surface area (Å²) in [6.07, 6.45) is 1.03. The molecule has 90 valence electrons. The van der Waals surface area contributed by atoms with Crippen molar-refractivity contribution < 1.29 is 0 Å². The van der Waals surface area contributed by atoms with Crippen LogP contribution in [0.25, 0.3) is 0 Å². The van der Waals surface area contributed by atoms with Crippen molar-refractivity contribution >= 4 is 17.1 Å². The summed E-state index contributed by atoms with van der Waals surface area (Å²) in [7, 11) is 0. The Labute approximate surface area is 107 Å².